The van der Waals surface area contributed by atoms with Crippen LogP contribution < -0.4 is 0 Å². The number of hydrogen-bond acceptors (Lipinski definition) is 3. The van der Waals surface area contributed by atoms with Crippen LogP contribution in [0.15, 0.2) is 48.6 Å². The lowest BCUT2D eigenvalue weighted by Gasteiger charge is -2.42. The van der Waals surface area contributed by atoms with Crippen LogP contribution in [0.2, 0.25) is 0 Å². The van der Waals surface area contributed by atoms with Gasteiger partial charge in [-0.1, -0.05) is 30.4 Å². The summed E-state index contributed by atoms with van der Waals surface area (Å²) in [5.41, 5.74) is 1.99. The first-order valence-corrected chi connectivity index (χ1v) is 10.5. The van der Waals surface area contributed by atoms with Crippen molar-refractivity contribution in [2.75, 3.05) is 7.11 Å². The first-order chi connectivity index (χ1) is 13.7. The molecule has 28 heavy (non-hydrogen) atoms. The van der Waals surface area contributed by atoms with Gasteiger partial charge in [-0.15, -0.1) is 0 Å². The van der Waals surface area contributed by atoms with Crippen molar-refractivity contribution in [2.24, 2.45) is 11.8 Å². The van der Waals surface area contributed by atoms with E-state index in [0.29, 0.717) is 5.92 Å². The number of hydrogen-bond donors (Lipinski definition) is 0. The van der Waals surface area contributed by atoms with Crippen molar-refractivity contribution in [1.29, 1.82) is 10.5 Å². The summed E-state index contributed by atoms with van der Waals surface area (Å²) in [5, 5.41) is 17.6. The Morgan fingerprint density at radius 3 is 2.14 bits per heavy atom. The fourth-order valence-electron chi connectivity index (χ4n) is 5.12. The number of ether oxygens (including phenoxy) is 1. The summed E-state index contributed by atoms with van der Waals surface area (Å²) >= 11 is 0. The van der Waals surface area contributed by atoms with Crippen molar-refractivity contribution < 1.29 is 4.74 Å². The predicted molar refractivity (Wildman–Crippen MR) is 111 cm³/mol. The van der Waals surface area contributed by atoms with Gasteiger partial charge in [-0.25, -0.2) is 0 Å². The quantitative estimate of drug-likeness (QED) is 0.466. The fraction of sp³-hybridized carbons (Fsp3) is 0.520. The van der Waals surface area contributed by atoms with Crippen molar-refractivity contribution in [3.8, 4) is 12.1 Å². The zero-order valence-corrected chi connectivity index (χ0v) is 16.8. The smallest absolute Gasteiger partial charge is 0.0991 e. The molecule has 0 atom stereocenters. The van der Waals surface area contributed by atoms with Crippen molar-refractivity contribution in [2.45, 2.75) is 62.9 Å². The molecule has 0 aliphatic heterocycles. The molecule has 2 saturated carbocycles. The van der Waals surface area contributed by atoms with Gasteiger partial charge < -0.3 is 4.74 Å². The minimum atomic E-state index is -0.157. The van der Waals surface area contributed by atoms with Crippen LogP contribution in [0.25, 0.3) is 0 Å². The van der Waals surface area contributed by atoms with E-state index in [-0.39, 0.29) is 5.60 Å². The van der Waals surface area contributed by atoms with E-state index in [9.17, 15) is 0 Å². The molecule has 1 aromatic carbocycles. The largest absolute Gasteiger partial charge is 0.374 e. The Morgan fingerprint density at radius 2 is 1.57 bits per heavy atom. The molecule has 2 aliphatic rings. The third-order valence-corrected chi connectivity index (χ3v) is 6.91. The van der Waals surface area contributed by atoms with E-state index in [2.05, 4.69) is 24.3 Å². The highest BCUT2D eigenvalue weighted by Crippen LogP contribution is 2.45. The van der Waals surface area contributed by atoms with Gasteiger partial charge >= 0.3 is 0 Å². The first-order valence-electron chi connectivity index (χ1n) is 10.5. The standard InChI is InChI=1S/C25H30N2O/c1-28-25(15-3-2-4-18-26)16-13-24(14-17-25)23-11-9-22(10-12-23)21-7-5-20(19-27)6-8-21/h2-8,15,22-24H,9-14,16-17H2,1H3. The molecule has 0 N–H and O–H groups in total. The minimum Gasteiger partial charge on any atom is -0.374 e. The topological polar surface area (TPSA) is 56.8 Å². The Labute approximate surface area is 169 Å². The maximum Gasteiger partial charge on any atom is 0.0991 e. The summed E-state index contributed by atoms with van der Waals surface area (Å²) in [5.74, 6) is 2.31. The van der Waals surface area contributed by atoms with Gasteiger partial charge in [-0.05, 0) is 86.8 Å². The van der Waals surface area contributed by atoms with Crippen LogP contribution in [0.3, 0.4) is 0 Å². The summed E-state index contributed by atoms with van der Waals surface area (Å²) in [6.07, 6.45) is 17.1. The number of nitriles is 2. The van der Waals surface area contributed by atoms with Crippen LogP contribution in [0.4, 0.5) is 0 Å². The van der Waals surface area contributed by atoms with E-state index in [1.807, 2.05) is 31.4 Å². The molecular weight excluding hydrogens is 344 g/mol. The number of allylic oxidation sites excluding steroid dienone is 3. The lowest BCUT2D eigenvalue weighted by molar-refractivity contribution is -0.0193. The normalized spacial score (nSPS) is 30.9. The molecule has 0 bridgehead atoms. The van der Waals surface area contributed by atoms with Gasteiger partial charge in [0.15, 0.2) is 0 Å². The lowest BCUT2D eigenvalue weighted by Crippen LogP contribution is -2.36. The molecule has 3 nitrogen and oxygen atoms in total. The molecule has 1 aromatic rings. The Kier molecular flexibility index (Phi) is 7.07. The van der Waals surface area contributed by atoms with E-state index in [4.69, 9.17) is 15.3 Å². The average molecular weight is 375 g/mol. The zero-order chi connectivity index (χ0) is 19.8. The maximum atomic E-state index is 8.97. The van der Waals surface area contributed by atoms with Gasteiger partial charge in [0.05, 0.1) is 23.3 Å². The van der Waals surface area contributed by atoms with Crippen molar-refractivity contribution >= 4 is 0 Å². The van der Waals surface area contributed by atoms with Crippen molar-refractivity contribution in [3.63, 3.8) is 0 Å². The van der Waals surface area contributed by atoms with Gasteiger partial charge in [0.2, 0.25) is 0 Å². The molecule has 3 rings (SSSR count). The predicted octanol–water partition coefficient (Wildman–Crippen LogP) is 6.04. The second-order valence-electron chi connectivity index (χ2n) is 8.30. The summed E-state index contributed by atoms with van der Waals surface area (Å²) in [7, 11) is 1.81. The summed E-state index contributed by atoms with van der Waals surface area (Å²) < 4.78 is 5.86. The third kappa shape index (κ3) is 4.92. The number of benzene rings is 1. The Balaban J connectivity index is 1.50. The minimum absolute atomic E-state index is 0.157. The van der Waals surface area contributed by atoms with Crippen LogP contribution in [-0.4, -0.2) is 12.7 Å². The molecule has 0 amide bonds. The number of nitrogens with zero attached hydrogens (tertiary/aromatic N) is 2. The molecule has 0 spiro atoms. The highest BCUT2D eigenvalue weighted by molar-refractivity contribution is 5.33. The van der Waals surface area contributed by atoms with Gasteiger partial charge in [-0.3, -0.25) is 0 Å². The molecule has 146 valence electrons. The van der Waals surface area contributed by atoms with E-state index in [1.165, 1.54) is 50.2 Å². The van der Waals surface area contributed by atoms with Crippen LogP contribution >= 0.6 is 0 Å². The molecule has 0 unspecified atom stereocenters. The van der Waals surface area contributed by atoms with Gasteiger partial charge in [0.25, 0.3) is 0 Å². The monoisotopic (exact) mass is 374 g/mol. The summed E-state index contributed by atoms with van der Waals surface area (Å²) in [6, 6.07) is 12.4. The molecule has 2 aliphatic carbocycles. The SMILES string of the molecule is COC1(C=CC=CC#N)CCC(C2CCC(c3ccc(C#N)cc3)CC2)CC1. The average Bonchev–Trinajstić information content (AvgIpc) is 2.77. The lowest BCUT2D eigenvalue weighted by atomic mass is 9.67. The zero-order valence-electron chi connectivity index (χ0n) is 16.8. The van der Waals surface area contributed by atoms with E-state index < -0.39 is 0 Å². The first kappa shape index (κ1) is 20.4. The van der Waals surface area contributed by atoms with Gasteiger partial charge in [-0.2, -0.15) is 10.5 Å². The van der Waals surface area contributed by atoms with Crippen LogP contribution in [-0.2, 0) is 4.74 Å². The maximum absolute atomic E-state index is 8.97. The van der Waals surface area contributed by atoms with Crippen LogP contribution in [0, 0.1) is 34.5 Å². The van der Waals surface area contributed by atoms with E-state index in [1.54, 1.807) is 6.08 Å². The molecule has 0 saturated heterocycles. The second kappa shape index (κ2) is 9.72. The van der Waals surface area contributed by atoms with E-state index >= 15 is 0 Å². The van der Waals surface area contributed by atoms with E-state index in [0.717, 1.165) is 30.2 Å². The second-order valence-corrected chi connectivity index (χ2v) is 8.30. The molecule has 2 fully saturated rings. The summed E-state index contributed by atoms with van der Waals surface area (Å²) in [6.45, 7) is 0. The highest BCUT2D eigenvalue weighted by Gasteiger charge is 2.37. The van der Waals surface area contributed by atoms with Gasteiger partial charge in [0.1, 0.15) is 0 Å². The molecule has 0 heterocycles. The van der Waals surface area contributed by atoms with Crippen LogP contribution in [0.1, 0.15) is 68.4 Å². The summed E-state index contributed by atoms with van der Waals surface area (Å²) in [4.78, 5) is 0. The number of rotatable bonds is 5. The highest BCUT2D eigenvalue weighted by atomic mass is 16.5. The molecule has 3 heteroatoms. The Hall–Kier alpha value is -2.36. The Bertz CT molecular complexity index is 762. The Morgan fingerprint density at radius 1 is 0.929 bits per heavy atom. The molecule has 0 aromatic heterocycles. The van der Waals surface area contributed by atoms with Gasteiger partial charge in [0, 0.05) is 13.2 Å². The number of methoxy groups -OCH3 is 1. The molecular formula is C25H30N2O. The fourth-order valence-corrected chi connectivity index (χ4v) is 5.12. The van der Waals surface area contributed by atoms with Crippen LogP contribution in [0.5, 0.6) is 0 Å². The molecule has 0 radical (unpaired) electrons. The third-order valence-electron chi connectivity index (χ3n) is 6.91. The van der Waals surface area contributed by atoms with Crippen molar-refractivity contribution in [3.05, 3.63) is 59.7 Å². The van der Waals surface area contributed by atoms with Crippen molar-refractivity contribution in [1.82, 2.24) is 0 Å².